The SMILES string of the molecule is C=C/C=C\C(C)[C@H](C)[C@@H](C)[C@H](O[Si](C)(C)C(C)(C)C)[C@@H](C)C/C(C)=C\[C@H](C)[C@@H](OCOC)C(C)C[P+](c1ccccc1)(c1ccccc1)c1ccccc1. The summed E-state index contributed by atoms with van der Waals surface area (Å²) in [5, 5.41) is 4.34. The predicted octanol–water partition coefficient (Wildman–Crippen LogP) is 12.3. The maximum atomic E-state index is 7.36. The van der Waals surface area contributed by atoms with Gasteiger partial charge < -0.3 is 13.9 Å². The Morgan fingerprint density at radius 3 is 1.63 bits per heavy atom. The van der Waals surface area contributed by atoms with Crippen LogP contribution in [0.5, 0.6) is 0 Å². The summed E-state index contributed by atoms with van der Waals surface area (Å²) >= 11 is 0. The van der Waals surface area contributed by atoms with Crippen LogP contribution in [0.1, 0.15) is 75.7 Å². The van der Waals surface area contributed by atoms with Gasteiger partial charge in [0.25, 0.3) is 0 Å². The molecular formula is C49H74O3PSi+. The standard InChI is InChI=1S/C49H74O3PSi/c1-15-16-26-38(3)42(7)43(8)48(52-54(13,14)49(9,10)11)40(5)34-37(2)33-39(4)47(51-36-50-12)41(6)35-53(44-27-20-17-21-28-44,45-29-22-18-23-30-45)46-31-24-19-25-32-46/h15-33,38-43,47-48H,1,34-36H2,2-14H3/q+1/b26-16-,37-33-/t38?,39-,40-,41?,42-,43+,47+,48+/m0/s1. The molecule has 0 aromatic heterocycles. The number of allylic oxidation sites excluding steroid dienone is 4. The Balaban J connectivity index is 2.00. The van der Waals surface area contributed by atoms with Gasteiger partial charge in [0, 0.05) is 18.9 Å². The third-order valence-corrected chi connectivity index (χ3v) is 21.5. The highest BCUT2D eigenvalue weighted by Crippen LogP contribution is 2.57. The first-order chi connectivity index (χ1) is 25.5. The fourth-order valence-corrected chi connectivity index (χ4v) is 14.2. The van der Waals surface area contributed by atoms with Crippen LogP contribution in [0.25, 0.3) is 0 Å². The Kier molecular flexibility index (Phi) is 17.9. The molecule has 0 aliphatic heterocycles. The smallest absolute Gasteiger partial charge is 0.192 e. The molecule has 0 fully saturated rings. The molecule has 0 saturated heterocycles. The molecule has 0 spiro atoms. The van der Waals surface area contributed by atoms with Crippen molar-refractivity contribution in [2.24, 2.45) is 35.5 Å². The molecule has 3 nitrogen and oxygen atoms in total. The van der Waals surface area contributed by atoms with Gasteiger partial charge in [0.1, 0.15) is 30.0 Å². The second-order valence-corrected chi connectivity index (χ2v) is 25.9. The molecule has 0 amide bonds. The topological polar surface area (TPSA) is 27.7 Å². The lowest BCUT2D eigenvalue weighted by atomic mass is 9.77. The minimum absolute atomic E-state index is 0.0264. The lowest BCUT2D eigenvalue weighted by molar-refractivity contribution is -0.0981. The summed E-state index contributed by atoms with van der Waals surface area (Å²) in [5.74, 6) is 2.09. The first-order valence-corrected chi connectivity index (χ1v) is 25.2. The number of ether oxygens (including phenoxy) is 2. The summed E-state index contributed by atoms with van der Waals surface area (Å²) in [6, 6.07) is 33.5. The van der Waals surface area contributed by atoms with Crippen molar-refractivity contribution < 1.29 is 13.9 Å². The van der Waals surface area contributed by atoms with E-state index in [0.29, 0.717) is 23.7 Å². The first-order valence-electron chi connectivity index (χ1n) is 20.3. The highest BCUT2D eigenvalue weighted by molar-refractivity contribution is 7.95. The van der Waals surface area contributed by atoms with Crippen LogP contribution >= 0.6 is 7.26 Å². The lowest BCUT2D eigenvalue weighted by Gasteiger charge is -2.44. The van der Waals surface area contributed by atoms with Gasteiger partial charge >= 0.3 is 0 Å². The van der Waals surface area contributed by atoms with Gasteiger partial charge in [0.15, 0.2) is 8.32 Å². The van der Waals surface area contributed by atoms with Crippen LogP contribution in [0.2, 0.25) is 18.1 Å². The molecule has 0 saturated carbocycles. The molecule has 0 aliphatic rings. The zero-order chi connectivity index (χ0) is 40.1. The Bertz CT molecular complexity index is 1480. The van der Waals surface area contributed by atoms with Crippen molar-refractivity contribution in [3.8, 4) is 0 Å². The highest BCUT2D eigenvalue weighted by Gasteiger charge is 2.48. The second-order valence-electron chi connectivity index (χ2n) is 17.6. The monoisotopic (exact) mass is 770 g/mol. The van der Waals surface area contributed by atoms with Gasteiger partial charge in [-0.3, -0.25) is 0 Å². The van der Waals surface area contributed by atoms with E-state index in [1.54, 1.807) is 7.11 Å². The Morgan fingerprint density at radius 2 is 1.20 bits per heavy atom. The van der Waals surface area contributed by atoms with Gasteiger partial charge in [-0.2, -0.15) is 0 Å². The van der Waals surface area contributed by atoms with Gasteiger partial charge in [0.2, 0.25) is 0 Å². The zero-order valence-electron chi connectivity index (χ0n) is 36.1. The fourth-order valence-electron chi connectivity index (χ4n) is 8.03. The van der Waals surface area contributed by atoms with Gasteiger partial charge in [-0.05, 0) is 91.5 Å². The third-order valence-electron chi connectivity index (χ3n) is 12.3. The molecule has 0 N–H and O–H groups in total. The summed E-state index contributed by atoms with van der Waals surface area (Å²) < 4.78 is 19.6. The van der Waals surface area contributed by atoms with Crippen molar-refractivity contribution in [3.05, 3.63) is 127 Å². The molecule has 296 valence electrons. The molecule has 54 heavy (non-hydrogen) atoms. The lowest BCUT2D eigenvalue weighted by Crippen LogP contribution is -2.48. The van der Waals surface area contributed by atoms with Gasteiger partial charge in [0.05, 0.1) is 18.4 Å². The van der Waals surface area contributed by atoms with Gasteiger partial charge in [-0.25, -0.2) is 0 Å². The Morgan fingerprint density at radius 1 is 0.722 bits per heavy atom. The number of benzene rings is 3. The average Bonchev–Trinajstić information content (AvgIpc) is 3.15. The quantitative estimate of drug-likeness (QED) is 0.0355. The molecular weight excluding hydrogens is 696 g/mol. The maximum absolute atomic E-state index is 7.36. The van der Waals surface area contributed by atoms with Crippen LogP contribution in [0.3, 0.4) is 0 Å². The normalized spacial score (nSPS) is 17.7. The number of hydrogen-bond acceptors (Lipinski definition) is 3. The van der Waals surface area contributed by atoms with E-state index in [2.05, 4.69) is 198 Å². The van der Waals surface area contributed by atoms with E-state index < -0.39 is 15.6 Å². The summed E-state index contributed by atoms with van der Waals surface area (Å²) in [4.78, 5) is 0. The van der Waals surface area contributed by atoms with E-state index in [9.17, 15) is 0 Å². The Hall–Kier alpha value is -2.59. The van der Waals surface area contributed by atoms with Crippen LogP contribution in [-0.2, 0) is 13.9 Å². The highest BCUT2D eigenvalue weighted by atomic mass is 31.2. The van der Waals surface area contributed by atoms with Crippen LogP contribution in [-0.4, -0.2) is 40.6 Å². The molecule has 0 heterocycles. The van der Waals surface area contributed by atoms with Gasteiger partial charge in [-0.15, -0.1) is 0 Å². The Labute approximate surface area is 333 Å². The van der Waals surface area contributed by atoms with E-state index in [0.717, 1.165) is 12.6 Å². The summed E-state index contributed by atoms with van der Waals surface area (Å²) in [6.45, 7) is 32.6. The molecule has 0 radical (unpaired) electrons. The van der Waals surface area contributed by atoms with Crippen molar-refractivity contribution in [3.63, 3.8) is 0 Å². The zero-order valence-corrected chi connectivity index (χ0v) is 38.0. The summed E-state index contributed by atoms with van der Waals surface area (Å²) in [6.07, 6.45) is 10.8. The molecule has 0 aliphatic carbocycles. The first kappa shape index (κ1) is 45.8. The van der Waals surface area contributed by atoms with Crippen molar-refractivity contribution in [2.45, 2.75) is 106 Å². The second kappa shape index (κ2) is 21.1. The van der Waals surface area contributed by atoms with E-state index >= 15 is 0 Å². The minimum Gasteiger partial charge on any atom is -0.413 e. The fraction of sp³-hybridized carbons (Fsp3) is 0.510. The van der Waals surface area contributed by atoms with Crippen molar-refractivity contribution >= 4 is 31.5 Å². The number of hydrogen-bond donors (Lipinski definition) is 0. The van der Waals surface area contributed by atoms with Crippen LogP contribution in [0.15, 0.2) is 127 Å². The molecule has 0 bridgehead atoms. The van der Waals surface area contributed by atoms with Crippen LogP contribution in [0.4, 0.5) is 0 Å². The van der Waals surface area contributed by atoms with E-state index in [-0.39, 0.29) is 35.9 Å². The average molecular weight is 770 g/mol. The predicted molar refractivity (Wildman–Crippen MR) is 242 cm³/mol. The molecule has 3 rings (SSSR count). The third kappa shape index (κ3) is 12.0. The van der Waals surface area contributed by atoms with E-state index in [1.165, 1.54) is 21.5 Å². The van der Waals surface area contributed by atoms with E-state index in [4.69, 9.17) is 13.9 Å². The maximum Gasteiger partial charge on any atom is 0.192 e. The van der Waals surface area contributed by atoms with Crippen LogP contribution < -0.4 is 15.9 Å². The largest absolute Gasteiger partial charge is 0.413 e. The van der Waals surface area contributed by atoms with Crippen LogP contribution in [0, 0.1) is 35.5 Å². The van der Waals surface area contributed by atoms with Crippen molar-refractivity contribution in [1.29, 1.82) is 0 Å². The molecule has 3 aromatic rings. The van der Waals surface area contributed by atoms with Crippen molar-refractivity contribution in [2.75, 3.05) is 20.1 Å². The van der Waals surface area contributed by atoms with Gasteiger partial charge in [-0.1, -0.05) is 153 Å². The molecule has 3 aromatic carbocycles. The molecule has 2 unspecified atom stereocenters. The summed E-state index contributed by atoms with van der Waals surface area (Å²) in [7, 11) is -2.34. The summed E-state index contributed by atoms with van der Waals surface area (Å²) in [5.41, 5.74) is 1.40. The number of rotatable bonds is 21. The van der Waals surface area contributed by atoms with E-state index in [1.807, 2.05) is 6.08 Å². The number of methoxy groups -OCH3 is 1. The minimum atomic E-state index is -2.04. The molecule has 5 heteroatoms. The molecule has 8 atom stereocenters. The van der Waals surface area contributed by atoms with Crippen molar-refractivity contribution in [1.82, 2.24) is 0 Å².